The van der Waals surface area contributed by atoms with E-state index in [9.17, 15) is 13.2 Å². The van der Waals surface area contributed by atoms with E-state index < -0.39 is 12.6 Å². The zero-order valence-corrected chi connectivity index (χ0v) is 11.7. The van der Waals surface area contributed by atoms with Crippen LogP contribution in [0, 0.1) is 0 Å². The number of alkyl halides is 3. The van der Waals surface area contributed by atoms with Crippen molar-refractivity contribution in [2.75, 3.05) is 6.54 Å². The van der Waals surface area contributed by atoms with Gasteiger partial charge in [-0.15, -0.1) is 0 Å². The molecule has 1 unspecified atom stereocenters. The molecule has 0 fully saturated rings. The van der Waals surface area contributed by atoms with Gasteiger partial charge in [-0.2, -0.15) is 13.2 Å². The largest absolute Gasteiger partial charge is 0.389 e. The lowest BCUT2D eigenvalue weighted by molar-refractivity contribution is -0.135. The van der Waals surface area contributed by atoms with Crippen molar-refractivity contribution in [1.82, 2.24) is 5.32 Å². The Hall–Kier alpha value is -0.740. The third kappa shape index (κ3) is 6.83. The molecule has 0 aliphatic heterocycles. The Kier molecular flexibility index (Phi) is 6.66. The Morgan fingerprint density at radius 3 is 2.58 bits per heavy atom. The average Bonchev–Trinajstić information content (AvgIpc) is 2.32. The second-order valence-corrected chi connectivity index (χ2v) is 4.98. The van der Waals surface area contributed by atoms with E-state index in [1.165, 1.54) is 0 Å². The highest BCUT2D eigenvalue weighted by Gasteiger charge is 2.25. The third-order valence-electron chi connectivity index (χ3n) is 2.94. The van der Waals surface area contributed by atoms with Crippen molar-refractivity contribution in [1.29, 1.82) is 0 Å². The second-order valence-electron chi connectivity index (χ2n) is 4.54. The van der Waals surface area contributed by atoms with Crippen LogP contribution < -0.4 is 5.32 Å². The molecule has 0 amide bonds. The van der Waals surface area contributed by atoms with Crippen LogP contribution >= 0.6 is 11.6 Å². The van der Waals surface area contributed by atoms with Crippen molar-refractivity contribution >= 4 is 11.6 Å². The Bertz CT molecular complexity index is 379. The highest BCUT2D eigenvalue weighted by atomic mass is 35.5. The number of hydrogen-bond donors (Lipinski definition) is 1. The Balaban J connectivity index is 2.34. The first-order chi connectivity index (χ1) is 8.92. The summed E-state index contributed by atoms with van der Waals surface area (Å²) in [7, 11) is 0. The molecule has 0 aliphatic carbocycles. The summed E-state index contributed by atoms with van der Waals surface area (Å²) in [6, 6.07) is 7.69. The molecule has 1 aromatic carbocycles. The molecular weight excluding hydrogens is 275 g/mol. The predicted molar refractivity (Wildman–Crippen MR) is 72.4 cm³/mol. The van der Waals surface area contributed by atoms with E-state index in [4.69, 9.17) is 11.6 Å². The predicted octanol–water partition coefficient (Wildman–Crippen LogP) is 5.11. The van der Waals surface area contributed by atoms with Gasteiger partial charge in [0.2, 0.25) is 0 Å². The average molecular weight is 294 g/mol. The second kappa shape index (κ2) is 7.75. The van der Waals surface area contributed by atoms with Crippen molar-refractivity contribution in [2.45, 2.75) is 44.8 Å². The van der Waals surface area contributed by atoms with E-state index in [-0.39, 0.29) is 12.5 Å². The zero-order valence-electron chi connectivity index (χ0n) is 10.9. The molecule has 19 heavy (non-hydrogen) atoms. The van der Waals surface area contributed by atoms with E-state index in [1.54, 1.807) is 6.07 Å². The van der Waals surface area contributed by atoms with Crippen LogP contribution in [0.1, 0.15) is 44.2 Å². The van der Waals surface area contributed by atoms with Crippen molar-refractivity contribution in [3.8, 4) is 0 Å². The maximum Gasteiger partial charge on any atom is 0.389 e. The standard InChI is InChI=1S/C14H19ClF3N/c1-2-13(11-6-5-7-12(15)10-11)19-9-4-3-8-14(16,17)18/h5-7,10,13,19H,2-4,8-9H2,1H3. The minimum atomic E-state index is -4.04. The van der Waals surface area contributed by atoms with Crippen LogP contribution in [-0.4, -0.2) is 12.7 Å². The molecule has 1 rings (SSSR count). The van der Waals surface area contributed by atoms with E-state index >= 15 is 0 Å². The minimum Gasteiger partial charge on any atom is -0.310 e. The molecule has 5 heteroatoms. The normalized spacial score (nSPS) is 13.5. The number of hydrogen-bond acceptors (Lipinski definition) is 1. The highest BCUT2D eigenvalue weighted by molar-refractivity contribution is 6.30. The maximum atomic E-state index is 12.0. The smallest absolute Gasteiger partial charge is 0.310 e. The maximum absolute atomic E-state index is 12.0. The highest BCUT2D eigenvalue weighted by Crippen LogP contribution is 2.23. The van der Waals surface area contributed by atoms with Crippen molar-refractivity contribution in [2.24, 2.45) is 0 Å². The fraction of sp³-hybridized carbons (Fsp3) is 0.571. The first-order valence-corrected chi connectivity index (χ1v) is 6.86. The van der Waals surface area contributed by atoms with Gasteiger partial charge in [-0.1, -0.05) is 30.7 Å². The third-order valence-corrected chi connectivity index (χ3v) is 3.17. The molecule has 0 saturated heterocycles. The Labute approximate surface area is 117 Å². The lowest BCUT2D eigenvalue weighted by Gasteiger charge is -2.17. The topological polar surface area (TPSA) is 12.0 Å². The van der Waals surface area contributed by atoms with E-state index in [2.05, 4.69) is 5.32 Å². The fourth-order valence-corrected chi connectivity index (χ4v) is 2.15. The molecule has 1 aromatic rings. The summed E-state index contributed by atoms with van der Waals surface area (Å²) in [5.41, 5.74) is 1.07. The molecule has 0 bridgehead atoms. The van der Waals surface area contributed by atoms with Crippen LogP contribution in [0.3, 0.4) is 0 Å². The van der Waals surface area contributed by atoms with E-state index in [1.807, 2.05) is 25.1 Å². The quantitative estimate of drug-likeness (QED) is 0.689. The van der Waals surface area contributed by atoms with Gasteiger partial charge < -0.3 is 5.32 Å². The number of unbranched alkanes of at least 4 members (excludes halogenated alkanes) is 1. The van der Waals surface area contributed by atoms with E-state index in [0.29, 0.717) is 18.0 Å². The van der Waals surface area contributed by atoms with Crippen LogP contribution in [0.5, 0.6) is 0 Å². The van der Waals surface area contributed by atoms with Crippen LogP contribution in [0.2, 0.25) is 5.02 Å². The van der Waals surface area contributed by atoms with Gasteiger partial charge in [0.05, 0.1) is 0 Å². The molecular formula is C14H19ClF3N. The van der Waals surface area contributed by atoms with Gasteiger partial charge in [0.15, 0.2) is 0 Å². The Morgan fingerprint density at radius 2 is 2.00 bits per heavy atom. The van der Waals surface area contributed by atoms with Crippen LogP contribution in [0.15, 0.2) is 24.3 Å². The van der Waals surface area contributed by atoms with Crippen molar-refractivity contribution in [3.05, 3.63) is 34.9 Å². The summed E-state index contributed by atoms with van der Waals surface area (Å²) in [5, 5.41) is 3.95. The van der Waals surface area contributed by atoms with Gasteiger partial charge in [-0.25, -0.2) is 0 Å². The summed E-state index contributed by atoms with van der Waals surface area (Å²) >= 11 is 5.93. The molecule has 0 aliphatic rings. The SMILES string of the molecule is CCC(NCCCCC(F)(F)F)c1cccc(Cl)c1. The van der Waals surface area contributed by atoms with Crippen LogP contribution in [-0.2, 0) is 0 Å². The molecule has 1 N–H and O–H groups in total. The van der Waals surface area contributed by atoms with Gasteiger partial charge in [-0.05, 0) is 43.5 Å². The van der Waals surface area contributed by atoms with Gasteiger partial charge in [0.25, 0.3) is 0 Å². The van der Waals surface area contributed by atoms with Crippen LogP contribution in [0.4, 0.5) is 13.2 Å². The first kappa shape index (κ1) is 16.3. The van der Waals surface area contributed by atoms with Gasteiger partial charge in [-0.3, -0.25) is 0 Å². The summed E-state index contributed by atoms with van der Waals surface area (Å²) in [5.74, 6) is 0. The van der Waals surface area contributed by atoms with Gasteiger partial charge in [0, 0.05) is 17.5 Å². The monoisotopic (exact) mass is 293 g/mol. The molecule has 0 radical (unpaired) electrons. The summed E-state index contributed by atoms with van der Waals surface area (Å²) in [6.07, 6.45) is -3.18. The minimum absolute atomic E-state index is 0.143. The number of rotatable bonds is 7. The fourth-order valence-electron chi connectivity index (χ4n) is 1.95. The number of nitrogens with one attached hydrogen (secondary N) is 1. The lowest BCUT2D eigenvalue weighted by atomic mass is 10.0. The molecule has 108 valence electrons. The first-order valence-electron chi connectivity index (χ1n) is 6.48. The molecule has 0 aromatic heterocycles. The van der Waals surface area contributed by atoms with Crippen molar-refractivity contribution in [3.63, 3.8) is 0 Å². The summed E-state index contributed by atoms with van der Waals surface area (Å²) in [6.45, 7) is 2.62. The molecule has 0 heterocycles. The number of benzene rings is 1. The van der Waals surface area contributed by atoms with Crippen molar-refractivity contribution < 1.29 is 13.2 Å². The van der Waals surface area contributed by atoms with Gasteiger partial charge >= 0.3 is 6.18 Å². The van der Waals surface area contributed by atoms with Crippen LogP contribution in [0.25, 0.3) is 0 Å². The Morgan fingerprint density at radius 1 is 1.26 bits per heavy atom. The van der Waals surface area contributed by atoms with E-state index in [0.717, 1.165) is 12.0 Å². The molecule has 1 atom stereocenters. The summed E-state index contributed by atoms with van der Waals surface area (Å²) in [4.78, 5) is 0. The molecule has 0 spiro atoms. The zero-order chi connectivity index (χ0) is 14.3. The number of halogens is 4. The molecule has 1 nitrogen and oxygen atoms in total. The summed E-state index contributed by atoms with van der Waals surface area (Å²) < 4.78 is 35.9. The molecule has 0 saturated carbocycles. The lowest BCUT2D eigenvalue weighted by Crippen LogP contribution is -2.22. The van der Waals surface area contributed by atoms with Gasteiger partial charge in [0.1, 0.15) is 0 Å².